The summed E-state index contributed by atoms with van der Waals surface area (Å²) in [7, 11) is 0. The molecule has 0 saturated carbocycles. The zero-order chi connectivity index (χ0) is 8.72. The highest BCUT2D eigenvalue weighted by Crippen LogP contribution is 2.38. The zero-order valence-electron chi connectivity index (χ0n) is 6.32. The fourth-order valence-electron chi connectivity index (χ4n) is 1.26. The highest BCUT2D eigenvalue weighted by atomic mass is 16.5. The third-order valence-corrected chi connectivity index (χ3v) is 1.92. The summed E-state index contributed by atoms with van der Waals surface area (Å²) in [6, 6.07) is 2.60. The second kappa shape index (κ2) is 2.28. The summed E-state index contributed by atoms with van der Waals surface area (Å²) >= 11 is 0. The molecule has 0 unspecified atom stereocenters. The van der Waals surface area contributed by atoms with Crippen molar-refractivity contribution in [3.63, 3.8) is 0 Å². The Morgan fingerprint density at radius 1 is 1.33 bits per heavy atom. The minimum Gasteiger partial charge on any atom is -0.504 e. The molecule has 4 heteroatoms. The maximum absolute atomic E-state index is 9.14. The Hall–Kier alpha value is -1.42. The Morgan fingerprint density at radius 2 is 2.00 bits per heavy atom. The van der Waals surface area contributed by atoms with E-state index in [1.54, 1.807) is 0 Å². The lowest BCUT2D eigenvalue weighted by Crippen LogP contribution is -2.10. The summed E-state index contributed by atoms with van der Waals surface area (Å²) in [5.41, 5.74) is 6.39. The summed E-state index contributed by atoms with van der Waals surface area (Å²) in [5.74, 6) is 0.218. The normalized spacial score (nSPS) is 20.2. The molecule has 1 aromatic rings. The van der Waals surface area contributed by atoms with Crippen LogP contribution in [-0.4, -0.2) is 16.8 Å². The van der Waals surface area contributed by atoms with Crippen molar-refractivity contribution < 1.29 is 14.9 Å². The first-order valence-electron chi connectivity index (χ1n) is 3.62. The molecule has 1 aromatic carbocycles. The number of fused-ring (bicyclic) bond motifs is 1. The van der Waals surface area contributed by atoms with Crippen LogP contribution in [0.4, 0.5) is 0 Å². The molecule has 0 amide bonds. The van der Waals surface area contributed by atoms with Crippen LogP contribution in [0.25, 0.3) is 0 Å². The average Bonchev–Trinajstić information content (AvgIpc) is 2.35. The smallest absolute Gasteiger partial charge is 0.161 e. The van der Waals surface area contributed by atoms with Gasteiger partial charge in [-0.25, -0.2) is 0 Å². The van der Waals surface area contributed by atoms with Gasteiger partial charge in [-0.05, 0) is 6.07 Å². The van der Waals surface area contributed by atoms with Gasteiger partial charge in [0, 0.05) is 11.6 Å². The predicted octanol–water partition coefficient (Wildman–Crippen LogP) is 0.490. The summed E-state index contributed by atoms with van der Waals surface area (Å²) in [5, 5.41) is 18.2. The molecule has 1 heterocycles. The maximum Gasteiger partial charge on any atom is 0.161 e. The predicted molar refractivity (Wildman–Crippen MR) is 42.2 cm³/mol. The standard InChI is InChI=1S/C8H9NO3/c9-5-3-12-8-2-7(11)6(10)1-4(5)8/h1-2,5,10-11H,3,9H2/t5-/m1/s1. The van der Waals surface area contributed by atoms with Crippen molar-refractivity contribution in [2.24, 2.45) is 5.73 Å². The second-order valence-electron chi connectivity index (χ2n) is 2.80. The molecule has 0 bridgehead atoms. The summed E-state index contributed by atoms with van der Waals surface area (Å²) in [6.45, 7) is 0.401. The monoisotopic (exact) mass is 167 g/mol. The number of nitrogens with two attached hydrogens (primary N) is 1. The van der Waals surface area contributed by atoms with Crippen LogP contribution in [0.2, 0.25) is 0 Å². The number of hydrogen-bond acceptors (Lipinski definition) is 4. The summed E-state index contributed by atoms with van der Waals surface area (Å²) < 4.78 is 5.15. The van der Waals surface area contributed by atoms with Gasteiger partial charge in [-0.2, -0.15) is 0 Å². The van der Waals surface area contributed by atoms with Gasteiger partial charge in [0.25, 0.3) is 0 Å². The number of rotatable bonds is 0. The van der Waals surface area contributed by atoms with E-state index in [0.717, 1.165) is 5.56 Å². The van der Waals surface area contributed by atoms with Crippen LogP contribution in [0.3, 0.4) is 0 Å². The number of benzene rings is 1. The van der Waals surface area contributed by atoms with Gasteiger partial charge in [0.05, 0.1) is 6.04 Å². The second-order valence-corrected chi connectivity index (χ2v) is 2.80. The van der Waals surface area contributed by atoms with Crippen molar-refractivity contribution in [2.75, 3.05) is 6.61 Å². The molecule has 12 heavy (non-hydrogen) atoms. The van der Waals surface area contributed by atoms with E-state index >= 15 is 0 Å². The van der Waals surface area contributed by atoms with Gasteiger partial charge in [0.2, 0.25) is 0 Å². The molecule has 1 atom stereocenters. The van der Waals surface area contributed by atoms with Crippen molar-refractivity contribution in [1.82, 2.24) is 0 Å². The minimum atomic E-state index is -0.202. The van der Waals surface area contributed by atoms with Gasteiger partial charge >= 0.3 is 0 Å². The van der Waals surface area contributed by atoms with Crippen molar-refractivity contribution >= 4 is 0 Å². The molecule has 2 rings (SSSR count). The Morgan fingerprint density at radius 3 is 2.75 bits per heavy atom. The van der Waals surface area contributed by atoms with E-state index in [2.05, 4.69) is 0 Å². The van der Waals surface area contributed by atoms with E-state index in [1.807, 2.05) is 0 Å². The van der Waals surface area contributed by atoms with Crippen molar-refractivity contribution in [1.29, 1.82) is 0 Å². The molecule has 0 spiro atoms. The number of aromatic hydroxyl groups is 2. The molecular formula is C8H9NO3. The molecule has 0 aliphatic carbocycles. The molecule has 0 fully saturated rings. The van der Waals surface area contributed by atoms with E-state index in [1.165, 1.54) is 12.1 Å². The summed E-state index contributed by atoms with van der Waals surface area (Å²) in [4.78, 5) is 0. The van der Waals surface area contributed by atoms with Crippen molar-refractivity contribution in [2.45, 2.75) is 6.04 Å². The van der Waals surface area contributed by atoms with Crippen LogP contribution in [0, 0.1) is 0 Å². The minimum absolute atomic E-state index is 0.158. The SMILES string of the molecule is N[C@@H]1COc2cc(O)c(O)cc21. The summed E-state index contributed by atoms with van der Waals surface area (Å²) in [6.07, 6.45) is 0. The van der Waals surface area contributed by atoms with E-state index in [4.69, 9.17) is 20.7 Å². The highest BCUT2D eigenvalue weighted by Gasteiger charge is 2.22. The van der Waals surface area contributed by atoms with Gasteiger partial charge in [-0.1, -0.05) is 0 Å². The third-order valence-electron chi connectivity index (χ3n) is 1.92. The van der Waals surface area contributed by atoms with Gasteiger partial charge in [-0.15, -0.1) is 0 Å². The van der Waals surface area contributed by atoms with Crippen molar-refractivity contribution in [3.8, 4) is 17.2 Å². The topological polar surface area (TPSA) is 75.7 Å². The zero-order valence-corrected chi connectivity index (χ0v) is 6.32. The molecule has 4 N–H and O–H groups in total. The van der Waals surface area contributed by atoms with Crippen LogP contribution in [0.1, 0.15) is 11.6 Å². The van der Waals surface area contributed by atoms with Gasteiger partial charge in [0.15, 0.2) is 11.5 Å². The van der Waals surface area contributed by atoms with Crippen LogP contribution in [-0.2, 0) is 0 Å². The average molecular weight is 167 g/mol. The molecule has 4 nitrogen and oxygen atoms in total. The Labute approximate surface area is 69.2 Å². The first-order valence-corrected chi connectivity index (χ1v) is 3.62. The van der Waals surface area contributed by atoms with E-state index < -0.39 is 0 Å². The van der Waals surface area contributed by atoms with E-state index in [-0.39, 0.29) is 17.5 Å². The number of phenols is 2. The van der Waals surface area contributed by atoms with Crippen LogP contribution >= 0.6 is 0 Å². The number of ether oxygens (including phenoxy) is 1. The number of hydrogen-bond donors (Lipinski definition) is 3. The van der Waals surface area contributed by atoms with E-state index in [0.29, 0.717) is 12.4 Å². The Balaban J connectivity index is 2.56. The maximum atomic E-state index is 9.14. The fraction of sp³-hybridized carbons (Fsp3) is 0.250. The largest absolute Gasteiger partial charge is 0.504 e. The first kappa shape index (κ1) is 7.24. The Bertz CT molecular complexity index is 324. The lowest BCUT2D eigenvalue weighted by molar-refractivity contribution is 0.331. The molecule has 0 radical (unpaired) electrons. The molecule has 1 aliphatic heterocycles. The molecule has 1 aliphatic rings. The van der Waals surface area contributed by atoms with Crippen molar-refractivity contribution in [3.05, 3.63) is 17.7 Å². The van der Waals surface area contributed by atoms with Gasteiger partial charge < -0.3 is 20.7 Å². The lowest BCUT2D eigenvalue weighted by atomic mass is 10.1. The third kappa shape index (κ3) is 0.887. The molecule has 64 valence electrons. The van der Waals surface area contributed by atoms with E-state index in [9.17, 15) is 0 Å². The molecule has 0 saturated heterocycles. The lowest BCUT2D eigenvalue weighted by Gasteiger charge is -2.02. The van der Waals surface area contributed by atoms with Gasteiger partial charge in [0.1, 0.15) is 12.4 Å². The fourth-order valence-corrected chi connectivity index (χ4v) is 1.26. The first-order chi connectivity index (χ1) is 5.68. The Kier molecular flexibility index (Phi) is 1.38. The van der Waals surface area contributed by atoms with Gasteiger partial charge in [-0.3, -0.25) is 0 Å². The molecule has 0 aromatic heterocycles. The molecular weight excluding hydrogens is 158 g/mol. The number of phenolic OH excluding ortho intramolecular Hbond substituents is 2. The van der Waals surface area contributed by atoms with Crippen LogP contribution in [0.5, 0.6) is 17.2 Å². The van der Waals surface area contributed by atoms with Crippen LogP contribution in [0.15, 0.2) is 12.1 Å². The quantitative estimate of drug-likeness (QED) is 0.491. The van der Waals surface area contributed by atoms with Crippen LogP contribution < -0.4 is 10.5 Å². The highest BCUT2D eigenvalue weighted by molar-refractivity contribution is 5.51.